The van der Waals surface area contributed by atoms with E-state index < -0.39 is 0 Å². The molecule has 7 nitrogen and oxygen atoms in total. The maximum Gasteiger partial charge on any atom is 0.323 e. The molecule has 6 N–H and O–H groups in total. The van der Waals surface area contributed by atoms with Crippen LogP contribution < -0.4 is 22.1 Å². The van der Waals surface area contributed by atoms with Gasteiger partial charge in [0, 0.05) is 11.4 Å². The normalized spacial score (nSPS) is 10.2. The van der Waals surface area contributed by atoms with E-state index in [9.17, 15) is 4.79 Å². The lowest BCUT2D eigenvalue weighted by molar-refractivity contribution is 0.262. The molecule has 0 aromatic heterocycles. The SMILES string of the molecule is NC(N)=NN=Cc1ccc(NC(=O)Nc2ccccc2)cc1. The highest BCUT2D eigenvalue weighted by Gasteiger charge is 2.01. The summed E-state index contributed by atoms with van der Waals surface area (Å²) < 4.78 is 0. The van der Waals surface area contributed by atoms with Crippen molar-refractivity contribution in [3.63, 3.8) is 0 Å². The van der Waals surface area contributed by atoms with Gasteiger partial charge in [-0.25, -0.2) is 4.79 Å². The molecule has 0 heterocycles. The van der Waals surface area contributed by atoms with E-state index in [0.717, 1.165) is 11.3 Å². The first-order valence-corrected chi connectivity index (χ1v) is 6.48. The molecule has 0 atom stereocenters. The van der Waals surface area contributed by atoms with Crippen LogP contribution in [0.4, 0.5) is 16.2 Å². The fourth-order valence-electron chi connectivity index (χ4n) is 1.63. The Kier molecular flexibility index (Phi) is 5.09. The third-order valence-electron chi connectivity index (χ3n) is 2.58. The minimum atomic E-state index is -0.312. The van der Waals surface area contributed by atoms with E-state index in [0.29, 0.717) is 5.69 Å². The number of benzene rings is 2. The van der Waals surface area contributed by atoms with Crippen LogP contribution in [0.25, 0.3) is 0 Å². The molecule has 0 aliphatic heterocycles. The molecule has 2 aromatic rings. The van der Waals surface area contributed by atoms with Crippen LogP contribution in [0.2, 0.25) is 0 Å². The Labute approximate surface area is 127 Å². The van der Waals surface area contributed by atoms with E-state index in [1.165, 1.54) is 6.21 Å². The summed E-state index contributed by atoms with van der Waals surface area (Å²) in [5.41, 5.74) is 12.5. The molecule has 2 rings (SSSR count). The van der Waals surface area contributed by atoms with Crippen molar-refractivity contribution in [2.45, 2.75) is 0 Å². The van der Waals surface area contributed by atoms with Gasteiger partial charge in [-0.05, 0) is 29.8 Å². The molecular weight excluding hydrogens is 280 g/mol. The van der Waals surface area contributed by atoms with Gasteiger partial charge in [-0.15, -0.1) is 5.10 Å². The van der Waals surface area contributed by atoms with Crippen molar-refractivity contribution >= 4 is 29.6 Å². The van der Waals surface area contributed by atoms with Crippen LogP contribution in [0.15, 0.2) is 64.8 Å². The lowest BCUT2D eigenvalue weighted by Crippen LogP contribution is -2.21. The molecule has 0 aliphatic carbocycles. The summed E-state index contributed by atoms with van der Waals surface area (Å²) in [5, 5.41) is 12.7. The maximum absolute atomic E-state index is 11.8. The van der Waals surface area contributed by atoms with Crippen LogP contribution in [0.5, 0.6) is 0 Å². The fraction of sp³-hybridized carbons (Fsp3) is 0. The first-order chi connectivity index (χ1) is 10.6. The second-order valence-electron chi connectivity index (χ2n) is 4.34. The maximum atomic E-state index is 11.8. The third kappa shape index (κ3) is 4.97. The molecule has 0 unspecified atom stereocenters. The lowest BCUT2D eigenvalue weighted by Gasteiger charge is -2.07. The zero-order valence-corrected chi connectivity index (χ0v) is 11.7. The fourth-order valence-corrected chi connectivity index (χ4v) is 1.63. The predicted octanol–water partition coefficient (Wildman–Crippen LogP) is 1.94. The minimum absolute atomic E-state index is 0.105. The predicted molar refractivity (Wildman–Crippen MR) is 88.9 cm³/mol. The minimum Gasteiger partial charge on any atom is -0.369 e. The Morgan fingerprint density at radius 1 is 0.909 bits per heavy atom. The molecule has 0 saturated carbocycles. The van der Waals surface area contributed by atoms with Gasteiger partial charge in [0.05, 0.1) is 6.21 Å². The standard InChI is InChI=1S/C15H16N6O/c16-14(17)21-18-10-11-6-8-13(9-7-11)20-15(22)19-12-4-2-1-3-5-12/h1-10H,(H4,16,17,21)(H2,19,20,22). The van der Waals surface area contributed by atoms with Gasteiger partial charge >= 0.3 is 6.03 Å². The number of guanidine groups is 1. The van der Waals surface area contributed by atoms with Crippen LogP contribution in [0.1, 0.15) is 5.56 Å². The summed E-state index contributed by atoms with van der Waals surface area (Å²) >= 11 is 0. The number of anilines is 2. The molecule has 0 saturated heterocycles. The number of carbonyl (C=O) groups excluding carboxylic acids is 1. The Bertz CT molecular complexity index is 675. The highest BCUT2D eigenvalue weighted by Crippen LogP contribution is 2.10. The molecule has 7 heteroatoms. The summed E-state index contributed by atoms with van der Waals surface area (Å²) in [5.74, 6) is -0.105. The van der Waals surface area contributed by atoms with Crippen molar-refractivity contribution in [1.29, 1.82) is 0 Å². The molecule has 0 spiro atoms. The van der Waals surface area contributed by atoms with Crippen molar-refractivity contribution in [2.24, 2.45) is 21.7 Å². The highest BCUT2D eigenvalue weighted by molar-refractivity contribution is 5.99. The topological polar surface area (TPSA) is 118 Å². The number of para-hydroxylation sites is 1. The number of nitrogens with zero attached hydrogens (tertiary/aromatic N) is 2. The van der Waals surface area contributed by atoms with E-state index in [4.69, 9.17) is 11.5 Å². The largest absolute Gasteiger partial charge is 0.369 e. The molecule has 0 radical (unpaired) electrons. The number of carbonyl (C=O) groups is 1. The van der Waals surface area contributed by atoms with Gasteiger partial charge in [-0.2, -0.15) is 5.10 Å². The summed E-state index contributed by atoms with van der Waals surface area (Å²) in [6.45, 7) is 0. The van der Waals surface area contributed by atoms with Gasteiger partial charge in [0.1, 0.15) is 0 Å². The molecule has 0 bridgehead atoms. The van der Waals surface area contributed by atoms with Crippen molar-refractivity contribution in [1.82, 2.24) is 0 Å². The summed E-state index contributed by atoms with van der Waals surface area (Å²) in [4.78, 5) is 11.8. The molecular formula is C15H16N6O. The quantitative estimate of drug-likeness (QED) is 0.392. The first kappa shape index (κ1) is 15.0. The van der Waals surface area contributed by atoms with Gasteiger partial charge in [-0.3, -0.25) is 0 Å². The van der Waals surface area contributed by atoms with Crippen molar-refractivity contribution in [3.8, 4) is 0 Å². The number of nitrogens with one attached hydrogen (secondary N) is 2. The zero-order chi connectivity index (χ0) is 15.8. The average Bonchev–Trinajstić information content (AvgIpc) is 2.49. The van der Waals surface area contributed by atoms with E-state index >= 15 is 0 Å². The average molecular weight is 296 g/mol. The van der Waals surface area contributed by atoms with Crippen LogP contribution in [0.3, 0.4) is 0 Å². The van der Waals surface area contributed by atoms with Crippen LogP contribution in [-0.4, -0.2) is 18.2 Å². The van der Waals surface area contributed by atoms with Gasteiger partial charge in [0.15, 0.2) is 0 Å². The molecule has 22 heavy (non-hydrogen) atoms. The number of hydrogen-bond acceptors (Lipinski definition) is 3. The van der Waals surface area contributed by atoms with Crippen molar-refractivity contribution < 1.29 is 4.79 Å². The van der Waals surface area contributed by atoms with Crippen LogP contribution in [0, 0.1) is 0 Å². The lowest BCUT2D eigenvalue weighted by atomic mass is 10.2. The molecule has 2 aromatic carbocycles. The second-order valence-corrected chi connectivity index (χ2v) is 4.34. The van der Waals surface area contributed by atoms with Gasteiger partial charge in [0.25, 0.3) is 0 Å². The molecule has 0 fully saturated rings. The highest BCUT2D eigenvalue weighted by atomic mass is 16.2. The number of nitrogens with two attached hydrogens (primary N) is 2. The Hall–Kier alpha value is -3.35. The summed E-state index contributed by atoms with van der Waals surface area (Å²) in [6.07, 6.45) is 1.51. The number of urea groups is 1. The Morgan fingerprint density at radius 2 is 1.50 bits per heavy atom. The van der Waals surface area contributed by atoms with Gasteiger partial charge in [0.2, 0.25) is 5.96 Å². The van der Waals surface area contributed by atoms with Gasteiger partial charge in [-0.1, -0.05) is 30.3 Å². The van der Waals surface area contributed by atoms with E-state index in [2.05, 4.69) is 20.8 Å². The number of rotatable bonds is 4. The Balaban J connectivity index is 1.92. The van der Waals surface area contributed by atoms with E-state index in [1.54, 1.807) is 24.3 Å². The Morgan fingerprint density at radius 3 is 2.09 bits per heavy atom. The van der Waals surface area contributed by atoms with E-state index in [1.807, 2.05) is 30.3 Å². The molecule has 112 valence electrons. The zero-order valence-electron chi connectivity index (χ0n) is 11.7. The first-order valence-electron chi connectivity index (χ1n) is 6.48. The summed E-state index contributed by atoms with van der Waals surface area (Å²) in [7, 11) is 0. The molecule has 0 aliphatic rings. The number of hydrogen-bond donors (Lipinski definition) is 4. The third-order valence-corrected chi connectivity index (χ3v) is 2.58. The van der Waals surface area contributed by atoms with E-state index in [-0.39, 0.29) is 12.0 Å². The smallest absolute Gasteiger partial charge is 0.323 e. The summed E-state index contributed by atoms with van der Waals surface area (Å²) in [6, 6.07) is 15.9. The van der Waals surface area contributed by atoms with Crippen molar-refractivity contribution in [2.75, 3.05) is 10.6 Å². The monoisotopic (exact) mass is 296 g/mol. The van der Waals surface area contributed by atoms with Crippen LogP contribution in [-0.2, 0) is 0 Å². The second kappa shape index (κ2) is 7.44. The van der Waals surface area contributed by atoms with Crippen molar-refractivity contribution in [3.05, 3.63) is 60.2 Å². The van der Waals surface area contributed by atoms with Gasteiger partial charge < -0.3 is 22.1 Å². The number of amides is 2. The van der Waals surface area contributed by atoms with Crippen LogP contribution >= 0.6 is 0 Å². The molecule has 2 amide bonds.